The number of nitrogens with zero attached hydrogens (tertiary/aromatic N) is 4. The van der Waals surface area contributed by atoms with Gasteiger partial charge in [-0.1, -0.05) is 29.7 Å². The highest BCUT2D eigenvalue weighted by molar-refractivity contribution is 6.10. The Morgan fingerprint density at radius 2 is 1.83 bits per heavy atom. The molecule has 8 nitrogen and oxygen atoms in total. The third kappa shape index (κ3) is 5.03. The lowest BCUT2D eigenvalue weighted by Gasteiger charge is -2.29. The van der Waals surface area contributed by atoms with Gasteiger partial charge in [0.2, 0.25) is 5.88 Å². The summed E-state index contributed by atoms with van der Waals surface area (Å²) in [4.78, 5) is 26.4. The van der Waals surface area contributed by atoms with Crippen molar-refractivity contribution in [3.05, 3.63) is 89.8 Å². The lowest BCUT2D eigenvalue weighted by Crippen LogP contribution is -2.29. The van der Waals surface area contributed by atoms with E-state index < -0.39 is 11.7 Å². The van der Waals surface area contributed by atoms with Gasteiger partial charge in [0.25, 0.3) is 11.9 Å². The molecule has 36 heavy (non-hydrogen) atoms. The van der Waals surface area contributed by atoms with Gasteiger partial charge in [0.15, 0.2) is 0 Å². The van der Waals surface area contributed by atoms with E-state index in [1.165, 1.54) is 24.8 Å². The van der Waals surface area contributed by atoms with E-state index in [9.17, 15) is 9.18 Å². The van der Waals surface area contributed by atoms with Crippen LogP contribution in [0.25, 0.3) is 15.7 Å². The van der Waals surface area contributed by atoms with Gasteiger partial charge in [0.1, 0.15) is 11.6 Å². The number of carbonyl (C=O) groups excluding carboxylic acids is 1. The number of aromatic nitrogens is 2. The van der Waals surface area contributed by atoms with Gasteiger partial charge < -0.3 is 15.0 Å². The predicted molar refractivity (Wildman–Crippen MR) is 137 cm³/mol. The van der Waals surface area contributed by atoms with Crippen LogP contribution in [0.15, 0.2) is 66.9 Å². The second-order valence-corrected chi connectivity index (χ2v) is 8.40. The van der Waals surface area contributed by atoms with Gasteiger partial charge in [-0.15, -0.1) is 0 Å². The summed E-state index contributed by atoms with van der Waals surface area (Å²) in [6, 6.07) is 17.0. The van der Waals surface area contributed by atoms with Gasteiger partial charge in [-0.2, -0.15) is 16.5 Å². The van der Waals surface area contributed by atoms with Gasteiger partial charge in [-0.3, -0.25) is 4.79 Å². The Morgan fingerprint density at radius 1 is 1.03 bits per heavy atom. The van der Waals surface area contributed by atoms with Gasteiger partial charge in [0, 0.05) is 53.1 Å². The number of halogens is 1. The SMILES string of the molecule is [C-]#[N+]Nc1nccc(Oc2ccc(NC(=O)c3cc(F)cc(N4CCCCC4)c3)c3ccccc23)n1. The number of hydrogen-bond acceptors (Lipinski definition) is 6. The fourth-order valence-corrected chi connectivity index (χ4v) is 4.32. The molecular formula is C27H23FN6O2. The fourth-order valence-electron chi connectivity index (χ4n) is 4.32. The van der Waals surface area contributed by atoms with Crippen LogP contribution in [0.1, 0.15) is 29.6 Å². The molecule has 0 saturated carbocycles. The molecular weight excluding hydrogens is 459 g/mol. The molecule has 1 fully saturated rings. The Bertz CT molecular complexity index is 1460. The smallest absolute Gasteiger partial charge is 0.296 e. The molecule has 9 heteroatoms. The summed E-state index contributed by atoms with van der Waals surface area (Å²) in [6.07, 6.45) is 4.78. The Labute approximate surface area is 207 Å². The Kier molecular flexibility index (Phi) is 6.58. The first-order valence-electron chi connectivity index (χ1n) is 11.6. The summed E-state index contributed by atoms with van der Waals surface area (Å²) < 4.78 is 20.4. The summed E-state index contributed by atoms with van der Waals surface area (Å²) in [6.45, 7) is 8.61. The summed E-state index contributed by atoms with van der Waals surface area (Å²) in [5.41, 5.74) is 3.92. The van der Waals surface area contributed by atoms with Crippen molar-refractivity contribution in [2.24, 2.45) is 0 Å². The van der Waals surface area contributed by atoms with E-state index in [1.54, 1.807) is 24.3 Å². The highest BCUT2D eigenvalue weighted by Crippen LogP contribution is 2.34. The van der Waals surface area contributed by atoms with E-state index in [4.69, 9.17) is 11.3 Å². The maximum absolute atomic E-state index is 14.4. The lowest BCUT2D eigenvalue weighted by molar-refractivity contribution is 0.102. The van der Waals surface area contributed by atoms with E-state index in [0.717, 1.165) is 42.4 Å². The average Bonchev–Trinajstić information content (AvgIpc) is 2.90. The quantitative estimate of drug-likeness (QED) is 0.257. The molecule has 0 radical (unpaired) electrons. The summed E-state index contributed by atoms with van der Waals surface area (Å²) in [5.74, 6) is 0.0954. The Balaban J connectivity index is 1.42. The van der Waals surface area contributed by atoms with Gasteiger partial charge in [-0.25, -0.2) is 9.37 Å². The molecule has 4 aromatic rings. The molecule has 1 aromatic heterocycles. The van der Waals surface area contributed by atoms with Crippen molar-refractivity contribution in [3.8, 4) is 11.6 Å². The molecule has 0 aliphatic carbocycles. The van der Waals surface area contributed by atoms with Gasteiger partial charge in [-0.05, 0) is 49.6 Å². The topological polar surface area (TPSA) is 83.7 Å². The highest BCUT2D eigenvalue weighted by Gasteiger charge is 2.17. The molecule has 0 atom stereocenters. The van der Waals surface area contributed by atoms with Gasteiger partial charge >= 0.3 is 0 Å². The molecule has 1 aliphatic rings. The van der Waals surface area contributed by atoms with Crippen molar-refractivity contribution in [1.29, 1.82) is 0 Å². The number of carbonyl (C=O) groups is 1. The molecule has 0 bridgehead atoms. The number of hydrogen-bond donors (Lipinski definition) is 2. The molecule has 1 amide bonds. The first kappa shape index (κ1) is 23.1. The molecule has 0 spiro atoms. The third-order valence-corrected chi connectivity index (χ3v) is 6.00. The minimum absolute atomic E-state index is 0.134. The second kappa shape index (κ2) is 10.3. The van der Waals surface area contributed by atoms with Crippen molar-refractivity contribution in [2.45, 2.75) is 19.3 Å². The first-order chi connectivity index (χ1) is 17.6. The monoisotopic (exact) mass is 482 g/mol. The summed E-state index contributed by atoms with van der Waals surface area (Å²) in [5, 5.41) is 4.43. The van der Waals surface area contributed by atoms with Crippen LogP contribution < -0.4 is 20.4 Å². The molecule has 5 rings (SSSR count). The number of benzene rings is 3. The van der Waals surface area contributed by atoms with Crippen molar-refractivity contribution < 1.29 is 13.9 Å². The van der Waals surface area contributed by atoms with Gasteiger partial charge in [0.05, 0.1) is 0 Å². The number of rotatable bonds is 6. The fraction of sp³-hybridized carbons (Fsp3) is 0.185. The Morgan fingerprint density at radius 3 is 2.64 bits per heavy atom. The standard InChI is InChI=1S/C27H23FN6O2/c1-29-33-27-30-12-11-25(32-27)36-24-10-9-23(21-7-3-4-8-22(21)24)31-26(35)18-15-19(28)17-20(16-18)34-13-5-2-6-14-34/h3-4,7-12,15-17H,2,5-6,13-14H2,(H,31,35)(H,30,32,33). The van der Waals surface area contributed by atoms with E-state index in [-0.39, 0.29) is 17.4 Å². The molecule has 1 aliphatic heterocycles. The predicted octanol–water partition coefficient (Wildman–Crippen LogP) is 6.05. The van der Waals surface area contributed by atoms with Crippen molar-refractivity contribution in [3.63, 3.8) is 0 Å². The molecule has 2 heterocycles. The highest BCUT2D eigenvalue weighted by atomic mass is 19.1. The number of ether oxygens (including phenoxy) is 1. The zero-order valence-electron chi connectivity index (χ0n) is 19.4. The average molecular weight is 483 g/mol. The molecule has 1 saturated heterocycles. The van der Waals surface area contributed by atoms with E-state index >= 15 is 0 Å². The maximum Gasteiger partial charge on any atom is 0.296 e. The maximum atomic E-state index is 14.4. The Hall–Kier alpha value is -4.71. The number of nitrogens with one attached hydrogen (secondary N) is 2. The van der Waals surface area contributed by atoms with Crippen molar-refractivity contribution >= 4 is 34.0 Å². The zero-order chi connectivity index (χ0) is 24.9. The second-order valence-electron chi connectivity index (χ2n) is 8.40. The number of piperidine rings is 1. The molecule has 2 N–H and O–H groups in total. The van der Waals surface area contributed by atoms with Crippen LogP contribution in [0.4, 0.5) is 21.7 Å². The molecule has 180 valence electrons. The van der Waals surface area contributed by atoms with Crippen LogP contribution >= 0.6 is 0 Å². The van der Waals surface area contributed by atoms with Crippen LogP contribution in [0, 0.1) is 12.4 Å². The molecule has 0 unspecified atom stereocenters. The largest absolute Gasteiger partial charge is 0.438 e. The molecule has 3 aromatic carbocycles. The lowest BCUT2D eigenvalue weighted by atomic mass is 10.1. The minimum Gasteiger partial charge on any atom is -0.438 e. The normalized spacial score (nSPS) is 13.2. The third-order valence-electron chi connectivity index (χ3n) is 6.00. The van der Waals surface area contributed by atoms with Crippen LogP contribution in [0.3, 0.4) is 0 Å². The van der Waals surface area contributed by atoms with E-state index in [2.05, 4.69) is 30.6 Å². The van der Waals surface area contributed by atoms with Crippen LogP contribution in [0.5, 0.6) is 11.6 Å². The van der Waals surface area contributed by atoms with Crippen LogP contribution in [-0.4, -0.2) is 29.0 Å². The number of anilines is 3. The summed E-state index contributed by atoms with van der Waals surface area (Å²) >= 11 is 0. The van der Waals surface area contributed by atoms with Crippen LogP contribution in [0.2, 0.25) is 0 Å². The summed E-state index contributed by atoms with van der Waals surface area (Å²) in [7, 11) is 0. The van der Waals surface area contributed by atoms with Crippen molar-refractivity contribution in [1.82, 2.24) is 9.97 Å². The van der Waals surface area contributed by atoms with Crippen molar-refractivity contribution in [2.75, 3.05) is 28.7 Å². The van der Waals surface area contributed by atoms with Crippen LogP contribution in [-0.2, 0) is 0 Å². The number of fused-ring (bicyclic) bond motifs is 1. The number of amides is 1. The van der Waals surface area contributed by atoms with E-state index in [1.807, 2.05) is 24.3 Å². The minimum atomic E-state index is -0.436. The zero-order valence-corrected chi connectivity index (χ0v) is 19.4. The first-order valence-corrected chi connectivity index (χ1v) is 11.6. The van der Waals surface area contributed by atoms with E-state index in [0.29, 0.717) is 11.4 Å².